The molecule has 21 heavy (non-hydrogen) atoms. The number of ether oxygens (including phenoxy) is 1. The summed E-state index contributed by atoms with van der Waals surface area (Å²) in [5.41, 5.74) is 3.10. The van der Waals surface area contributed by atoms with Gasteiger partial charge in [-0.3, -0.25) is 4.79 Å². The van der Waals surface area contributed by atoms with Crippen molar-refractivity contribution in [3.05, 3.63) is 59.1 Å². The normalized spacial score (nSPS) is 10.5. The number of rotatable bonds is 5. The molecule has 0 aliphatic rings. The third-order valence-corrected chi connectivity index (χ3v) is 2.73. The number of aromatic hydroxyl groups is 1. The topological polar surface area (TPSA) is 70.9 Å². The molecule has 0 saturated heterocycles. The average molecular weight is 305 g/mol. The van der Waals surface area contributed by atoms with Crippen LogP contribution in [0.5, 0.6) is 11.5 Å². The van der Waals surface area contributed by atoms with Crippen LogP contribution in [0.3, 0.4) is 0 Å². The van der Waals surface area contributed by atoms with Crippen LogP contribution in [-0.2, 0) is 4.79 Å². The van der Waals surface area contributed by atoms with Gasteiger partial charge in [0.05, 0.1) is 6.21 Å². The zero-order valence-electron chi connectivity index (χ0n) is 11.0. The molecule has 2 N–H and O–H groups in total. The Kier molecular flexibility index (Phi) is 5.17. The Morgan fingerprint density at radius 3 is 2.52 bits per heavy atom. The van der Waals surface area contributed by atoms with E-state index >= 15 is 0 Å². The Morgan fingerprint density at radius 2 is 1.86 bits per heavy atom. The van der Waals surface area contributed by atoms with E-state index in [1.54, 1.807) is 36.4 Å². The van der Waals surface area contributed by atoms with Gasteiger partial charge in [0.1, 0.15) is 11.5 Å². The third kappa shape index (κ3) is 5.16. The van der Waals surface area contributed by atoms with Crippen LogP contribution in [0.25, 0.3) is 0 Å². The van der Waals surface area contributed by atoms with Gasteiger partial charge in [-0.05, 0) is 54.1 Å². The zero-order valence-corrected chi connectivity index (χ0v) is 11.7. The van der Waals surface area contributed by atoms with Crippen LogP contribution in [0.4, 0.5) is 0 Å². The van der Waals surface area contributed by atoms with Crippen molar-refractivity contribution in [2.75, 3.05) is 6.61 Å². The summed E-state index contributed by atoms with van der Waals surface area (Å²) < 4.78 is 5.26. The van der Waals surface area contributed by atoms with Gasteiger partial charge in [0.15, 0.2) is 6.61 Å². The Labute approximate surface area is 126 Å². The monoisotopic (exact) mass is 304 g/mol. The van der Waals surface area contributed by atoms with Crippen LogP contribution >= 0.6 is 11.6 Å². The maximum absolute atomic E-state index is 11.5. The van der Waals surface area contributed by atoms with Crippen LogP contribution in [0, 0.1) is 0 Å². The fourth-order valence-corrected chi connectivity index (χ4v) is 1.58. The zero-order chi connectivity index (χ0) is 15.1. The highest BCUT2D eigenvalue weighted by atomic mass is 35.5. The highest BCUT2D eigenvalue weighted by Gasteiger charge is 2.01. The predicted molar refractivity (Wildman–Crippen MR) is 80.8 cm³/mol. The number of halogens is 1. The summed E-state index contributed by atoms with van der Waals surface area (Å²) in [6.45, 7) is -0.144. The molecule has 0 spiro atoms. The van der Waals surface area contributed by atoms with Crippen molar-refractivity contribution in [3.8, 4) is 11.5 Å². The molecule has 0 aliphatic carbocycles. The molecule has 0 radical (unpaired) electrons. The number of hydrogen-bond acceptors (Lipinski definition) is 4. The first kappa shape index (κ1) is 14.9. The molecule has 0 fully saturated rings. The Balaban J connectivity index is 1.77. The number of nitrogens with zero attached hydrogens (tertiary/aromatic N) is 1. The van der Waals surface area contributed by atoms with E-state index in [9.17, 15) is 4.79 Å². The van der Waals surface area contributed by atoms with Crippen molar-refractivity contribution in [1.29, 1.82) is 0 Å². The molecule has 6 heteroatoms. The molecule has 108 valence electrons. The molecule has 0 heterocycles. The Morgan fingerprint density at radius 1 is 1.19 bits per heavy atom. The molecule has 2 rings (SSSR count). The lowest BCUT2D eigenvalue weighted by Gasteiger charge is -2.04. The van der Waals surface area contributed by atoms with Crippen LogP contribution in [-0.4, -0.2) is 23.8 Å². The van der Waals surface area contributed by atoms with E-state index in [1.165, 1.54) is 18.3 Å². The van der Waals surface area contributed by atoms with E-state index in [0.717, 1.165) is 5.56 Å². The van der Waals surface area contributed by atoms with Crippen molar-refractivity contribution in [2.24, 2.45) is 5.10 Å². The number of carbonyl (C=O) groups excluding carboxylic acids is 1. The van der Waals surface area contributed by atoms with E-state index < -0.39 is 0 Å². The molecular weight excluding hydrogens is 292 g/mol. The number of amides is 1. The smallest absolute Gasteiger partial charge is 0.277 e. The van der Waals surface area contributed by atoms with Crippen molar-refractivity contribution in [1.82, 2.24) is 5.43 Å². The average Bonchev–Trinajstić information content (AvgIpc) is 2.49. The molecular formula is C15H13ClN2O3. The molecule has 1 amide bonds. The Hall–Kier alpha value is -2.53. The second-order valence-corrected chi connectivity index (χ2v) is 4.56. The minimum Gasteiger partial charge on any atom is -0.508 e. The van der Waals surface area contributed by atoms with E-state index in [2.05, 4.69) is 10.5 Å². The molecule has 2 aromatic carbocycles. The van der Waals surface area contributed by atoms with E-state index in [4.69, 9.17) is 21.4 Å². The number of phenols is 1. The van der Waals surface area contributed by atoms with Crippen molar-refractivity contribution in [3.63, 3.8) is 0 Å². The lowest BCUT2D eigenvalue weighted by Crippen LogP contribution is -2.24. The highest BCUT2D eigenvalue weighted by molar-refractivity contribution is 6.30. The fourth-order valence-electron chi connectivity index (χ4n) is 1.45. The first-order chi connectivity index (χ1) is 10.1. The van der Waals surface area contributed by atoms with Crippen molar-refractivity contribution < 1.29 is 14.6 Å². The lowest BCUT2D eigenvalue weighted by atomic mass is 10.2. The lowest BCUT2D eigenvalue weighted by molar-refractivity contribution is -0.123. The largest absolute Gasteiger partial charge is 0.508 e. The van der Waals surface area contributed by atoms with Crippen LogP contribution in [0.15, 0.2) is 53.6 Å². The summed E-state index contributed by atoms with van der Waals surface area (Å²) >= 11 is 5.74. The quantitative estimate of drug-likeness (QED) is 0.659. The molecule has 2 aromatic rings. The second-order valence-electron chi connectivity index (χ2n) is 4.13. The summed E-state index contributed by atoms with van der Waals surface area (Å²) in [5, 5.41) is 13.5. The van der Waals surface area contributed by atoms with Gasteiger partial charge < -0.3 is 9.84 Å². The summed E-state index contributed by atoms with van der Waals surface area (Å²) in [5.74, 6) is 0.351. The number of carbonyl (C=O) groups is 1. The molecule has 0 aliphatic heterocycles. The maximum atomic E-state index is 11.5. The van der Waals surface area contributed by atoms with E-state index in [1.807, 2.05) is 0 Å². The highest BCUT2D eigenvalue weighted by Crippen LogP contribution is 2.15. The molecule has 0 saturated carbocycles. The van der Waals surface area contributed by atoms with Gasteiger partial charge in [0.25, 0.3) is 5.91 Å². The number of phenolic OH excluding ortho intramolecular Hbond substituents is 1. The molecule has 0 bridgehead atoms. The van der Waals surface area contributed by atoms with Crippen molar-refractivity contribution >= 4 is 23.7 Å². The Bertz CT molecular complexity index is 624. The van der Waals surface area contributed by atoms with Gasteiger partial charge in [0.2, 0.25) is 0 Å². The minimum absolute atomic E-state index is 0.144. The molecule has 0 aromatic heterocycles. The van der Waals surface area contributed by atoms with Crippen LogP contribution in [0.1, 0.15) is 5.56 Å². The second kappa shape index (κ2) is 7.31. The maximum Gasteiger partial charge on any atom is 0.277 e. The number of nitrogens with one attached hydrogen (secondary N) is 1. The standard InChI is InChI=1S/C15H13ClN2O3/c16-12-3-7-14(8-4-12)21-10-15(20)18-17-9-11-1-5-13(19)6-2-11/h1-9,19H,10H2,(H,18,20)/b17-9+. The molecule has 0 atom stereocenters. The summed E-state index contributed by atoms with van der Waals surface area (Å²) in [6.07, 6.45) is 1.47. The van der Waals surface area contributed by atoms with Crippen LogP contribution < -0.4 is 10.2 Å². The third-order valence-electron chi connectivity index (χ3n) is 2.48. The molecule has 5 nitrogen and oxygen atoms in total. The van der Waals surface area contributed by atoms with E-state index in [0.29, 0.717) is 10.8 Å². The fraction of sp³-hybridized carbons (Fsp3) is 0.0667. The minimum atomic E-state index is -0.375. The number of benzene rings is 2. The summed E-state index contributed by atoms with van der Waals surface area (Å²) in [7, 11) is 0. The summed E-state index contributed by atoms with van der Waals surface area (Å²) in [6, 6.07) is 13.1. The first-order valence-corrected chi connectivity index (χ1v) is 6.50. The summed E-state index contributed by atoms with van der Waals surface area (Å²) in [4.78, 5) is 11.5. The van der Waals surface area contributed by atoms with E-state index in [-0.39, 0.29) is 18.3 Å². The van der Waals surface area contributed by atoms with Gasteiger partial charge in [0, 0.05) is 5.02 Å². The van der Waals surface area contributed by atoms with Gasteiger partial charge >= 0.3 is 0 Å². The van der Waals surface area contributed by atoms with Crippen LogP contribution in [0.2, 0.25) is 5.02 Å². The number of hydrazone groups is 1. The number of hydrogen-bond donors (Lipinski definition) is 2. The molecule has 0 unspecified atom stereocenters. The van der Waals surface area contributed by atoms with Gasteiger partial charge in [-0.2, -0.15) is 5.10 Å². The van der Waals surface area contributed by atoms with Crippen molar-refractivity contribution in [2.45, 2.75) is 0 Å². The van der Waals surface area contributed by atoms with Gasteiger partial charge in [-0.15, -0.1) is 0 Å². The SMILES string of the molecule is O=C(COc1ccc(Cl)cc1)N/N=C/c1ccc(O)cc1. The van der Waals surface area contributed by atoms with Gasteiger partial charge in [-0.25, -0.2) is 5.43 Å². The predicted octanol–water partition coefficient (Wildman–Crippen LogP) is 2.57. The van der Waals surface area contributed by atoms with Gasteiger partial charge in [-0.1, -0.05) is 11.6 Å². The first-order valence-electron chi connectivity index (χ1n) is 6.13.